The number of hydrogen-bond donors (Lipinski definition) is 2. The monoisotopic (exact) mass is 408 g/mol. The standard InChI is InChI=1S/C22H24N4O4/c1-4-25-21(29)17-7-5-6-8-18(17)26(22(25)30)13-19(27)24-16-11-9-15(10-12-16)20(28)23-14(2)3/h5-12,14H,4,13H2,1-3H3,(H,23,28)(H,24,27). The van der Waals surface area contributed by atoms with Crippen LogP contribution in [0.15, 0.2) is 58.1 Å². The molecule has 0 unspecified atom stereocenters. The highest BCUT2D eigenvalue weighted by atomic mass is 16.2. The van der Waals surface area contributed by atoms with Gasteiger partial charge in [-0.15, -0.1) is 0 Å². The lowest BCUT2D eigenvalue weighted by Crippen LogP contribution is -2.41. The number of rotatable bonds is 6. The number of hydrogen-bond acceptors (Lipinski definition) is 4. The molecule has 1 aromatic heterocycles. The van der Waals surface area contributed by atoms with Crippen LogP contribution in [0.25, 0.3) is 10.9 Å². The van der Waals surface area contributed by atoms with Crippen molar-refractivity contribution in [3.05, 3.63) is 74.9 Å². The van der Waals surface area contributed by atoms with E-state index in [0.717, 1.165) is 4.57 Å². The Labute approximate surface area is 173 Å². The minimum absolute atomic E-state index is 0.0244. The first kappa shape index (κ1) is 21.0. The molecule has 0 saturated heterocycles. The van der Waals surface area contributed by atoms with Crippen LogP contribution in [0.5, 0.6) is 0 Å². The number of para-hydroxylation sites is 1. The SMILES string of the molecule is CCn1c(=O)c2ccccc2n(CC(=O)Nc2ccc(C(=O)NC(C)C)cc2)c1=O. The molecule has 2 aromatic carbocycles. The maximum absolute atomic E-state index is 12.7. The molecule has 30 heavy (non-hydrogen) atoms. The Bertz CT molecular complexity index is 1210. The summed E-state index contributed by atoms with van der Waals surface area (Å²) in [6.45, 7) is 5.43. The molecule has 0 aliphatic rings. The molecular formula is C22H24N4O4. The second kappa shape index (κ2) is 8.77. The summed E-state index contributed by atoms with van der Waals surface area (Å²) in [7, 11) is 0. The van der Waals surface area contributed by atoms with Gasteiger partial charge in [0.25, 0.3) is 11.5 Å². The van der Waals surface area contributed by atoms with E-state index in [0.29, 0.717) is 22.2 Å². The fourth-order valence-electron chi connectivity index (χ4n) is 3.20. The van der Waals surface area contributed by atoms with E-state index in [4.69, 9.17) is 0 Å². The number of benzene rings is 2. The molecule has 1 heterocycles. The summed E-state index contributed by atoms with van der Waals surface area (Å²) in [4.78, 5) is 49.8. The minimum atomic E-state index is -0.531. The molecular weight excluding hydrogens is 384 g/mol. The van der Waals surface area contributed by atoms with Crippen LogP contribution in [0.2, 0.25) is 0 Å². The predicted molar refractivity (Wildman–Crippen MR) is 116 cm³/mol. The number of anilines is 1. The van der Waals surface area contributed by atoms with Gasteiger partial charge in [0.1, 0.15) is 6.54 Å². The molecule has 0 fully saturated rings. The highest BCUT2D eigenvalue weighted by Gasteiger charge is 2.15. The quantitative estimate of drug-likeness (QED) is 0.651. The van der Waals surface area contributed by atoms with Gasteiger partial charge in [0, 0.05) is 23.8 Å². The Morgan fingerprint density at radius 3 is 2.27 bits per heavy atom. The van der Waals surface area contributed by atoms with E-state index in [1.165, 1.54) is 4.57 Å². The van der Waals surface area contributed by atoms with Gasteiger partial charge in [-0.1, -0.05) is 12.1 Å². The lowest BCUT2D eigenvalue weighted by molar-refractivity contribution is -0.116. The van der Waals surface area contributed by atoms with Crippen LogP contribution in [0.3, 0.4) is 0 Å². The zero-order chi connectivity index (χ0) is 21.8. The van der Waals surface area contributed by atoms with Gasteiger partial charge >= 0.3 is 5.69 Å². The van der Waals surface area contributed by atoms with E-state index in [1.54, 1.807) is 55.5 Å². The average molecular weight is 408 g/mol. The molecule has 8 heteroatoms. The largest absolute Gasteiger partial charge is 0.350 e. The van der Waals surface area contributed by atoms with Crippen molar-refractivity contribution < 1.29 is 9.59 Å². The molecule has 2 N–H and O–H groups in total. The van der Waals surface area contributed by atoms with Crippen molar-refractivity contribution in [1.82, 2.24) is 14.5 Å². The van der Waals surface area contributed by atoms with Crippen molar-refractivity contribution in [1.29, 1.82) is 0 Å². The van der Waals surface area contributed by atoms with Gasteiger partial charge in [-0.05, 0) is 57.2 Å². The molecule has 0 spiro atoms. The summed E-state index contributed by atoms with van der Waals surface area (Å²) in [5.74, 6) is -0.606. The number of fused-ring (bicyclic) bond motifs is 1. The number of nitrogens with one attached hydrogen (secondary N) is 2. The summed E-state index contributed by atoms with van der Waals surface area (Å²) < 4.78 is 2.40. The number of carbonyl (C=O) groups is 2. The van der Waals surface area contributed by atoms with E-state index in [1.807, 2.05) is 13.8 Å². The molecule has 0 radical (unpaired) electrons. The Morgan fingerprint density at radius 2 is 1.63 bits per heavy atom. The third-order valence-electron chi connectivity index (χ3n) is 4.60. The van der Waals surface area contributed by atoms with Crippen LogP contribution in [0.4, 0.5) is 5.69 Å². The average Bonchev–Trinajstić information content (AvgIpc) is 2.71. The fraction of sp³-hybridized carbons (Fsp3) is 0.273. The van der Waals surface area contributed by atoms with E-state index < -0.39 is 11.6 Å². The summed E-state index contributed by atoms with van der Waals surface area (Å²) in [6.07, 6.45) is 0. The molecule has 2 amide bonds. The van der Waals surface area contributed by atoms with Crippen LogP contribution in [-0.4, -0.2) is 27.0 Å². The van der Waals surface area contributed by atoms with Crippen LogP contribution >= 0.6 is 0 Å². The molecule has 0 aliphatic carbocycles. The molecule has 3 rings (SSSR count). The van der Waals surface area contributed by atoms with Gasteiger partial charge < -0.3 is 10.6 Å². The second-order valence-electron chi connectivity index (χ2n) is 7.19. The highest BCUT2D eigenvalue weighted by Crippen LogP contribution is 2.11. The maximum atomic E-state index is 12.7. The van der Waals surface area contributed by atoms with Crippen LogP contribution in [0.1, 0.15) is 31.1 Å². The smallest absolute Gasteiger partial charge is 0.331 e. The Morgan fingerprint density at radius 1 is 0.967 bits per heavy atom. The van der Waals surface area contributed by atoms with Crippen molar-refractivity contribution in [3.63, 3.8) is 0 Å². The Balaban J connectivity index is 1.83. The maximum Gasteiger partial charge on any atom is 0.331 e. The van der Waals surface area contributed by atoms with Crippen LogP contribution in [-0.2, 0) is 17.9 Å². The normalized spacial score (nSPS) is 10.9. The van der Waals surface area contributed by atoms with Gasteiger partial charge in [-0.25, -0.2) is 4.79 Å². The fourth-order valence-corrected chi connectivity index (χ4v) is 3.20. The Hall–Kier alpha value is -3.68. The first-order valence-electron chi connectivity index (χ1n) is 9.75. The molecule has 3 aromatic rings. The predicted octanol–water partition coefficient (Wildman–Crippen LogP) is 1.96. The zero-order valence-electron chi connectivity index (χ0n) is 17.1. The molecule has 0 aliphatic heterocycles. The molecule has 0 bridgehead atoms. The lowest BCUT2D eigenvalue weighted by Gasteiger charge is -2.13. The summed E-state index contributed by atoms with van der Waals surface area (Å²) in [6, 6.07) is 13.2. The van der Waals surface area contributed by atoms with Crippen molar-refractivity contribution in [2.45, 2.75) is 39.9 Å². The first-order chi connectivity index (χ1) is 14.3. The van der Waals surface area contributed by atoms with Crippen molar-refractivity contribution >= 4 is 28.4 Å². The summed E-state index contributed by atoms with van der Waals surface area (Å²) in [5, 5.41) is 5.90. The highest BCUT2D eigenvalue weighted by molar-refractivity contribution is 5.96. The zero-order valence-corrected chi connectivity index (χ0v) is 17.1. The minimum Gasteiger partial charge on any atom is -0.350 e. The van der Waals surface area contributed by atoms with Gasteiger partial charge in [-0.3, -0.25) is 23.5 Å². The molecule has 0 saturated carbocycles. The van der Waals surface area contributed by atoms with Crippen LogP contribution < -0.4 is 21.9 Å². The summed E-state index contributed by atoms with van der Waals surface area (Å²) >= 11 is 0. The number of amides is 2. The van der Waals surface area contributed by atoms with E-state index in [2.05, 4.69) is 10.6 Å². The topological polar surface area (TPSA) is 102 Å². The van der Waals surface area contributed by atoms with Crippen molar-refractivity contribution in [2.75, 3.05) is 5.32 Å². The molecule has 156 valence electrons. The van der Waals surface area contributed by atoms with Gasteiger partial charge in [0.2, 0.25) is 5.91 Å². The Kier molecular flexibility index (Phi) is 6.15. The van der Waals surface area contributed by atoms with Gasteiger partial charge in [0.05, 0.1) is 10.9 Å². The number of nitrogens with zero attached hydrogens (tertiary/aromatic N) is 2. The van der Waals surface area contributed by atoms with Crippen molar-refractivity contribution in [3.8, 4) is 0 Å². The third kappa shape index (κ3) is 4.32. The molecule has 0 atom stereocenters. The second-order valence-corrected chi connectivity index (χ2v) is 7.19. The molecule has 8 nitrogen and oxygen atoms in total. The van der Waals surface area contributed by atoms with E-state index in [9.17, 15) is 19.2 Å². The number of aromatic nitrogens is 2. The van der Waals surface area contributed by atoms with Gasteiger partial charge in [-0.2, -0.15) is 0 Å². The van der Waals surface area contributed by atoms with Gasteiger partial charge in [0.15, 0.2) is 0 Å². The summed E-state index contributed by atoms with van der Waals surface area (Å²) in [5.41, 5.74) is 0.497. The van der Waals surface area contributed by atoms with Crippen molar-refractivity contribution in [2.24, 2.45) is 0 Å². The van der Waals surface area contributed by atoms with E-state index >= 15 is 0 Å². The number of carbonyl (C=O) groups excluding carboxylic acids is 2. The van der Waals surface area contributed by atoms with Crippen LogP contribution in [0, 0.1) is 0 Å². The lowest BCUT2D eigenvalue weighted by atomic mass is 10.2. The van der Waals surface area contributed by atoms with E-state index in [-0.39, 0.29) is 30.6 Å². The first-order valence-corrected chi connectivity index (χ1v) is 9.75. The third-order valence-corrected chi connectivity index (χ3v) is 4.60.